The molecule has 0 aliphatic rings. The van der Waals surface area contributed by atoms with Crippen LogP contribution in [0.4, 0.5) is 0 Å². The third-order valence-electron chi connectivity index (χ3n) is 11.3. The van der Waals surface area contributed by atoms with Crippen molar-refractivity contribution >= 4 is 172 Å². The van der Waals surface area contributed by atoms with Crippen molar-refractivity contribution in [1.29, 1.82) is 0 Å². The van der Waals surface area contributed by atoms with E-state index in [0.717, 1.165) is 38.3 Å². The molecule has 0 saturated carbocycles. The van der Waals surface area contributed by atoms with Crippen molar-refractivity contribution in [2.75, 3.05) is 0 Å². The lowest BCUT2D eigenvalue weighted by Gasteiger charge is -2.17. The number of furan rings is 2. The van der Waals surface area contributed by atoms with Gasteiger partial charge in [0.15, 0.2) is 23.1 Å². The highest BCUT2D eigenvalue weighted by atomic mass is 16.3. The summed E-state index contributed by atoms with van der Waals surface area (Å²) in [6.07, 6.45) is 0. The number of benzene rings is 7. The number of hydrogen-bond donors (Lipinski definition) is 0. The molecule has 11 rings (SSSR count). The summed E-state index contributed by atoms with van der Waals surface area (Å²) in [6, 6.07) is 35.3. The molecular weight excluding hydrogens is 715 g/mol. The van der Waals surface area contributed by atoms with Crippen molar-refractivity contribution in [3.8, 4) is 39.9 Å². The Kier molecular flexibility index (Phi) is 7.84. The van der Waals surface area contributed by atoms with E-state index in [4.69, 9.17) is 86.6 Å². The SMILES string of the molecule is [B]c1c([B])c([B])c2c(c1[B])c1c([B])c([B])c([B])c([B])c1n2-c1cccc2c1oc1cc(-c3nc(-c4ccccc4)nc(-c4cccc5c4oc4ccccc45)n3)ccc12. The Morgan fingerprint density at radius 3 is 1.61 bits per heavy atom. The standard InChI is InChI=1S/C45H18B8N4O2/c46-31-29-30-32(47)34(49)36(51)38(53)40(30)57(39(29)37(52)35(50)33(31)48)26-14-7-12-24-22-17-16-20(18-28(22)59-42(24)26)44-54-43(19-8-2-1-3-9-19)55-45(56-44)25-13-6-11-23-21-10-4-5-15-27(21)58-41(23)25/h1-18H. The van der Waals surface area contributed by atoms with E-state index in [0.29, 0.717) is 67.3 Å². The van der Waals surface area contributed by atoms with Crippen LogP contribution in [0.3, 0.4) is 0 Å². The molecule has 14 heteroatoms. The van der Waals surface area contributed by atoms with Crippen LogP contribution in [0.15, 0.2) is 118 Å². The summed E-state index contributed by atoms with van der Waals surface area (Å²) in [5.41, 5.74) is 7.39. The molecule has 0 aliphatic heterocycles. The zero-order chi connectivity index (χ0) is 40.4. The zero-order valence-corrected chi connectivity index (χ0v) is 31.1. The van der Waals surface area contributed by atoms with E-state index in [1.54, 1.807) is 0 Å². The van der Waals surface area contributed by atoms with E-state index >= 15 is 0 Å². The molecule has 0 unspecified atom stereocenters. The van der Waals surface area contributed by atoms with Gasteiger partial charge in [-0.15, -0.1) is 21.9 Å². The minimum absolute atomic E-state index is 0.113. The Morgan fingerprint density at radius 1 is 0.390 bits per heavy atom. The normalized spacial score (nSPS) is 11.9. The van der Waals surface area contributed by atoms with E-state index < -0.39 is 0 Å². The molecular formula is C45H18B8N4O2. The Bertz CT molecular complexity index is 3540. The first-order chi connectivity index (χ1) is 28.6. The van der Waals surface area contributed by atoms with Crippen molar-refractivity contribution < 1.29 is 8.83 Å². The first-order valence-electron chi connectivity index (χ1n) is 18.6. The maximum Gasteiger partial charge on any atom is 0.167 e. The predicted octanol–water partition coefficient (Wildman–Crippen LogP) is 2.12. The van der Waals surface area contributed by atoms with Gasteiger partial charge in [0.1, 0.15) is 79.5 Å². The van der Waals surface area contributed by atoms with E-state index in [1.807, 2.05) is 114 Å². The van der Waals surface area contributed by atoms with Gasteiger partial charge in [0.25, 0.3) is 0 Å². The van der Waals surface area contributed by atoms with Crippen LogP contribution in [0.5, 0.6) is 0 Å². The van der Waals surface area contributed by atoms with Gasteiger partial charge >= 0.3 is 0 Å². The highest BCUT2D eigenvalue weighted by Gasteiger charge is 2.25. The van der Waals surface area contributed by atoms with Crippen molar-refractivity contribution in [3.05, 3.63) is 109 Å². The Labute approximate surface area is 348 Å². The van der Waals surface area contributed by atoms with Gasteiger partial charge in [-0.1, -0.05) is 101 Å². The van der Waals surface area contributed by atoms with Gasteiger partial charge < -0.3 is 13.4 Å². The minimum atomic E-state index is 0.113. The van der Waals surface area contributed by atoms with Crippen LogP contribution >= 0.6 is 0 Å². The molecule has 0 N–H and O–H groups in total. The van der Waals surface area contributed by atoms with Crippen molar-refractivity contribution in [2.45, 2.75) is 0 Å². The molecule has 0 saturated heterocycles. The summed E-state index contributed by atoms with van der Waals surface area (Å²) in [5.74, 6) is 1.41. The van der Waals surface area contributed by atoms with Crippen LogP contribution < -0.4 is 43.7 Å². The van der Waals surface area contributed by atoms with Gasteiger partial charge in [-0.05, 0) is 41.1 Å². The second kappa shape index (κ2) is 13.0. The molecule has 7 aromatic carbocycles. The van der Waals surface area contributed by atoms with Crippen LogP contribution in [0.25, 0.3) is 106 Å². The Hall–Kier alpha value is -6.53. The third kappa shape index (κ3) is 5.08. The second-order valence-corrected chi connectivity index (χ2v) is 14.5. The van der Waals surface area contributed by atoms with Crippen molar-refractivity contribution in [1.82, 2.24) is 19.5 Å². The number of nitrogens with zero attached hydrogens (tertiary/aromatic N) is 4. The van der Waals surface area contributed by atoms with E-state index in [1.165, 1.54) is 0 Å². The summed E-state index contributed by atoms with van der Waals surface area (Å²) < 4.78 is 15.0. The van der Waals surface area contributed by atoms with Gasteiger partial charge in [-0.2, -0.15) is 0 Å². The average Bonchev–Trinajstić information content (AvgIpc) is 3.96. The van der Waals surface area contributed by atoms with E-state index in [2.05, 4.69) is 0 Å². The van der Waals surface area contributed by atoms with Gasteiger partial charge in [-0.25, -0.2) is 15.0 Å². The third-order valence-corrected chi connectivity index (χ3v) is 11.3. The lowest BCUT2D eigenvalue weighted by Crippen LogP contribution is -2.49. The fourth-order valence-corrected chi connectivity index (χ4v) is 8.32. The number of hydrogen-bond acceptors (Lipinski definition) is 5. The first kappa shape index (κ1) is 35.6. The molecule has 0 amide bonds. The Balaban J connectivity index is 1.15. The average molecular weight is 733 g/mol. The number of aromatic nitrogens is 4. The number of para-hydroxylation sites is 3. The summed E-state index contributed by atoms with van der Waals surface area (Å²) in [4.78, 5) is 15.0. The maximum absolute atomic E-state index is 6.77. The van der Waals surface area contributed by atoms with Crippen LogP contribution in [0, 0.1) is 0 Å². The smallest absolute Gasteiger partial charge is 0.167 e. The molecule has 4 aromatic heterocycles. The molecule has 4 heterocycles. The van der Waals surface area contributed by atoms with E-state index in [9.17, 15) is 0 Å². The lowest BCUT2D eigenvalue weighted by atomic mass is 9.63. The monoisotopic (exact) mass is 734 g/mol. The molecule has 0 spiro atoms. The van der Waals surface area contributed by atoms with Crippen LogP contribution in [0.1, 0.15) is 0 Å². The highest BCUT2D eigenvalue weighted by molar-refractivity contribution is 6.71. The first-order valence-corrected chi connectivity index (χ1v) is 18.6. The fourth-order valence-electron chi connectivity index (χ4n) is 8.32. The largest absolute Gasteiger partial charge is 0.455 e. The molecule has 6 nitrogen and oxygen atoms in total. The van der Waals surface area contributed by atoms with Gasteiger partial charge in [-0.3, -0.25) is 0 Å². The van der Waals surface area contributed by atoms with E-state index in [-0.39, 0.29) is 43.7 Å². The number of fused-ring (bicyclic) bond motifs is 9. The predicted molar refractivity (Wildman–Crippen MR) is 248 cm³/mol. The topological polar surface area (TPSA) is 69.9 Å². The van der Waals surface area contributed by atoms with Gasteiger partial charge in [0.2, 0.25) is 0 Å². The summed E-state index contributed by atoms with van der Waals surface area (Å²) in [5, 5.41) is 4.50. The quantitative estimate of drug-likeness (QED) is 0.260. The number of rotatable bonds is 4. The Morgan fingerprint density at radius 2 is 0.915 bits per heavy atom. The second-order valence-electron chi connectivity index (χ2n) is 14.5. The molecule has 16 radical (unpaired) electrons. The van der Waals surface area contributed by atoms with Gasteiger partial charge in [0, 0.05) is 43.7 Å². The van der Waals surface area contributed by atoms with Crippen LogP contribution in [-0.2, 0) is 0 Å². The fraction of sp³-hybridized carbons (Fsp3) is 0. The lowest BCUT2D eigenvalue weighted by molar-refractivity contribution is 0.666. The maximum atomic E-state index is 6.77. The minimum Gasteiger partial charge on any atom is -0.455 e. The van der Waals surface area contributed by atoms with Crippen molar-refractivity contribution in [3.63, 3.8) is 0 Å². The molecule has 0 aliphatic carbocycles. The molecule has 11 aromatic rings. The van der Waals surface area contributed by atoms with Crippen molar-refractivity contribution in [2.24, 2.45) is 0 Å². The summed E-state index contributed by atoms with van der Waals surface area (Å²) in [6.45, 7) is 0. The summed E-state index contributed by atoms with van der Waals surface area (Å²) in [7, 11) is 52.4. The van der Waals surface area contributed by atoms with Crippen LogP contribution in [0.2, 0.25) is 0 Å². The molecule has 0 atom stereocenters. The molecule has 59 heavy (non-hydrogen) atoms. The van der Waals surface area contributed by atoms with Crippen LogP contribution in [-0.4, -0.2) is 82.3 Å². The molecule has 0 fully saturated rings. The summed E-state index contributed by atoms with van der Waals surface area (Å²) >= 11 is 0. The molecule has 254 valence electrons. The zero-order valence-electron chi connectivity index (χ0n) is 31.1. The molecule has 0 bridgehead atoms. The van der Waals surface area contributed by atoms with Gasteiger partial charge in [0.05, 0.1) is 11.3 Å². The highest BCUT2D eigenvalue weighted by Crippen LogP contribution is 2.39.